The van der Waals surface area contributed by atoms with Gasteiger partial charge in [0.25, 0.3) is 11.8 Å². The van der Waals surface area contributed by atoms with Crippen LogP contribution in [0.1, 0.15) is 30.8 Å². The Morgan fingerprint density at radius 1 is 0.860 bits per heavy atom. The van der Waals surface area contributed by atoms with Crippen LogP contribution in [0.15, 0.2) is 76.2 Å². The molecule has 5 rings (SSSR count). The summed E-state index contributed by atoms with van der Waals surface area (Å²) in [6, 6.07) is 5.47. The second-order valence-electron chi connectivity index (χ2n) is 12.8. The molecule has 0 fully saturated rings. The van der Waals surface area contributed by atoms with Crippen LogP contribution in [-0.4, -0.2) is 95.4 Å². The molecule has 0 spiro atoms. The minimum absolute atomic E-state index is 0.0128. The van der Waals surface area contributed by atoms with Gasteiger partial charge in [-0.1, -0.05) is 11.6 Å². The van der Waals surface area contributed by atoms with Gasteiger partial charge >= 0.3 is 11.9 Å². The summed E-state index contributed by atoms with van der Waals surface area (Å²) in [6.45, 7) is 2.39. The Bertz CT molecular complexity index is 2280. The highest BCUT2D eigenvalue weighted by Gasteiger charge is 2.28. The van der Waals surface area contributed by atoms with Crippen molar-refractivity contribution in [1.29, 1.82) is 0 Å². The monoisotopic (exact) mass is 786 g/mol. The Hall–Kier alpha value is -7.11. The van der Waals surface area contributed by atoms with Crippen LogP contribution in [0.2, 0.25) is 0 Å². The molecule has 0 aliphatic heterocycles. The molecule has 18 heteroatoms. The number of rotatable bonds is 18. The molecule has 5 aromatic rings. The van der Waals surface area contributed by atoms with Gasteiger partial charge in [0.15, 0.2) is 19.0 Å². The van der Waals surface area contributed by atoms with E-state index >= 15 is 0 Å². The molecule has 0 aliphatic rings. The Morgan fingerprint density at radius 3 is 1.91 bits per heavy atom. The van der Waals surface area contributed by atoms with Crippen molar-refractivity contribution in [3.05, 3.63) is 94.2 Å². The van der Waals surface area contributed by atoms with Gasteiger partial charge in [0.2, 0.25) is 11.2 Å². The number of aromatic amines is 2. The Morgan fingerprint density at radius 2 is 1.42 bits per heavy atom. The molecule has 57 heavy (non-hydrogen) atoms. The van der Waals surface area contributed by atoms with Crippen molar-refractivity contribution in [3.63, 3.8) is 0 Å². The zero-order valence-electron chi connectivity index (χ0n) is 31.8. The van der Waals surface area contributed by atoms with Gasteiger partial charge in [-0.05, 0) is 44.5 Å². The lowest BCUT2D eigenvalue weighted by atomic mass is 10.0. The lowest BCUT2D eigenvalue weighted by Crippen LogP contribution is -2.45. The number of fused-ring (bicyclic) bond motifs is 1. The number of aromatic nitrogens is 4. The van der Waals surface area contributed by atoms with Crippen LogP contribution in [0.4, 0.5) is 0 Å². The highest BCUT2D eigenvalue weighted by molar-refractivity contribution is 5.92. The predicted molar refractivity (Wildman–Crippen MR) is 203 cm³/mol. The van der Waals surface area contributed by atoms with Crippen LogP contribution >= 0.6 is 0 Å². The molecular weight excluding hydrogens is 744 g/mol. The lowest BCUT2D eigenvalue weighted by molar-refractivity contribution is -0.145. The molecule has 0 unspecified atom stereocenters. The SMILES string of the molecule is COC(=O)[C@H](Cc1cnc[nH]1)NC(=O)COc1cc(O)c2c(=O)c(OCC(=O)N[C@@H](Cc3cnc[nH]3)C(=O)OC)c(-c3ccc(OC)cc3)oc2c1CC=C(C)C. The number of allylic oxidation sites excluding steroid dienone is 2. The zero-order valence-corrected chi connectivity index (χ0v) is 31.8. The maximum atomic E-state index is 14.3. The second-order valence-corrected chi connectivity index (χ2v) is 12.8. The molecule has 18 nitrogen and oxygen atoms in total. The van der Waals surface area contributed by atoms with Gasteiger partial charge in [-0.2, -0.15) is 0 Å². The van der Waals surface area contributed by atoms with Crippen molar-refractivity contribution in [2.75, 3.05) is 34.5 Å². The maximum Gasteiger partial charge on any atom is 0.328 e. The highest BCUT2D eigenvalue weighted by atomic mass is 16.5. The first-order chi connectivity index (χ1) is 27.4. The number of carbonyl (C=O) groups excluding carboxylic acids is 4. The summed E-state index contributed by atoms with van der Waals surface area (Å²) in [4.78, 5) is 79.1. The van der Waals surface area contributed by atoms with Gasteiger partial charge in [0.05, 0.1) is 34.0 Å². The number of nitrogens with zero attached hydrogens (tertiary/aromatic N) is 2. The largest absolute Gasteiger partial charge is 0.507 e. The van der Waals surface area contributed by atoms with Gasteiger partial charge in [-0.15, -0.1) is 0 Å². The number of nitrogens with one attached hydrogen (secondary N) is 4. The fourth-order valence-corrected chi connectivity index (χ4v) is 5.71. The number of hydrogen-bond donors (Lipinski definition) is 5. The minimum Gasteiger partial charge on any atom is -0.507 e. The summed E-state index contributed by atoms with van der Waals surface area (Å²) in [6.07, 6.45) is 7.95. The van der Waals surface area contributed by atoms with E-state index in [1.54, 1.807) is 24.3 Å². The van der Waals surface area contributed by atoms with Gasteiger partial charge in [-0.3, -0.25) is 14.4 Å². The average molecular weight is 787 g/mol. The van der Waals surface area contributed by atoms with E-state index in [9.17, 15) is 29.1 Å². The third-order valence-corrected chi connectivity index (χ3v) is 8.54. The molecule has 2 atom stereocenters. The first-order valence-corrected chi connectivity index (χ1v) is 17.5. The van der Waals surface area contributed by atoms with Gasteiger partial charge < -0.3 is 53.8 Å². The normalized spacial score (nSPS) is 11.9. The number of methoxy groups -OCH3 is 3. The van der Waals surface area contributed by atoms with E-state index in [2.05, 4.69) is 30.6 Å². The topological polar surface area (TPSA) is 246 Å². The van der Waals surface area contributed by atoms with Crippen LogP contribution in [0.3, 0.4) is 0 Å². The van der Waals surface area contributed by atoms with Crippen LogP contribution in [0, 0.1) is 0 Å². The van der Waals surface area contributed by atoms with Gasteiger partial charge in [0.1, 0.15) is 40.3 Å². The Labute approximate surface area is 325 Å². The summed E-state index contributed by atoms with van der Waals surface area (Å²) in [7, 11) is 3.87. The van der Waals surface area contributed by atoms with Crippen LogP contribution in [0.25, 0.3) is 22.3 Å². The number of benzene rings is 2. The molecule has 0 radical (unpaired) electrons. The minimum atomic E-state index is -1.11. The zero-order chi connectivity index (χ0) is 41.1. The van der Waals surface area contributed by atoms with Crippen LogP contribution in [-0.2, 0) is 47.9 Å². The summed E-state index contributed by atoms with van der Waals surface area (Å²) in [5, 5.41) is 16.2. The number of amides is 2. The van der Waals surface area contributed by atoms with E-state index in [1.165, 1.54) is 52.4 Å². The number of phenolic OH excluding ortho intramolecular Hbond substituents is 1. The number of carbonyl (C=O) groups is 4. The summed E-state index contributed by atoms with van der Waals surface area (Å²) in [5.41, 5.74) is 1.79. The van der Waals surface area contributed by atoms with Crippen LogP contribution in [0.5, 0.6) is 23.0 Å². The quantitative estimate of drug-likeness (QED) is 0.0634. The smallest absolute Gasteiger partial charge is 0.328 e. The first kappa shape index (κ1) is 41.1. The highest BCUT2D eigenvalue weighted by Crippen LogP contribution is 2.40. The number of H-pyrrole nitrogens is 2. The van der Waals surface area contributed by atoms with Crippen molar-refractivity contribution in [2.24, 2.45) is 0 Å². The molecule has 0 saturated heterocycles. The molecule has 3 heterocycles. The number of ether oxygens (including phenoxy) is 5. The third kappa shape index (κ3) is 10.4. The first-order valence-electron chi connectivity index (χ1n) is 17.5. The van der Waals surface area contributed by atoms with Gasteiger partial charge in [0, 0.05) is 53.8 Å². The number of esters is 2. The van der Waals surface area contributed by atoms with E-state index in [0.29, 0.717) is 28.3 Å². The maximum absolute atomic E-state index is 14.3. The standard InChI is InChI=1S/C39H42N6O12/c1-21(2)6-11-26-30(55-17-31(47)44-27(38(50)53-4)12-23-15-40-19-42-23)14-29(46)33-34(49)37(35(57-36(26)33)22-7-9-25(52-3)10-8-22)56-18-32(48)45-28(39(51)54-5)13-24-16-41-20-43-24/h6-10,14-16,19-20,27-28,46H,11-13,17-18H2,1-5H3,(H,40,42)(H,41,43)(H,44,47)(H,45,48)/t27-,28-/m0/s1. The fourth-order valence-electron chi connectivity index (χ4n) is 5.71. The van der Waals surface area contributed by atoms with E-state index in [1.807, 2.05) is 19.9 Å². The van der Waals surface area contributed by atoms with Crippen LogP contribution < -0.4 is 30.3 Å². The van der Waals surface area contributed by atoms with Crippen molar-refractivity contribution >= 4 is 34.7 Å². The molecule has 0 bridgehead atoms. The molecule has 5 N–H and O–H groups in total. The Balaban J connectivity index is 1.51. The molecule has 0 aliphatic carbocycles. The number of phenols is 1. The van der Waals surface area contributed by atoms with E-state index < -0.39 is 66.0 Å². The molecule has 300 valence electrons. The summed E-state index contributed by atoms with van der Waals surface area (Å²) < 4.78 is 33.1. The third-order valence-electron chi connectivity index (χ3n) is 8.54. The molecule has 2 aromatic carbocycles. The van der Waals surface area contributed by atoms with Crippen molar-refractivity contribution in [1.82, 2.24) is 30.6 Å². The summed E-state index contributed by atoms with van der Waals surface area (Å²) >= 11 is 0. The van der Waals surface area contributed by atoms with E-state index in [4.69, 9.17) is 28.1 Å². The summed E-state index contributed by atoms with van der Waals surface area (Å²) in [5.74, 6) is -3.41. The second kappa shape index (κ2) is 19.0. The average Bonchev–Trinajstić information content (AvgIpc) is 3.93. The molecule has 0 saturated carbocycles. The van der Waals surface area contributed by atoms with E-state index in [-0.39, 0.29) is 41.7 Å². The van der Waals surface area contributed by atoms with Crippen molar-refractivity contribution in [3.8, 4) is 34.3 Å². The Kier molecular flexibility index (Phi) is 13.7. The van der Waals surface area contributed by atoms with Gasteiger partial charge in [-0.25, -0.2) is 19.6 Å². The van der Waals surface area contributed by atoms with E-state index in [0.717, 1.165) is 5.57 Å². The molecular formula is C39H42N6O12. The van der Waals surface area contributed by atoms with Crippen molar-refractivity contribution in [2.45, 2.75) is 45.2 Å². The fraction of sp³-hybridized carbons (Fsp3) is 0.308. The van der Waals surface area contributed by atoms with Crippen molar-refractivity contribution < 1.29 is 52.4 Å². The predicted octanol–water partition coefficient (Wildman–Crippen LogP) is 2.69. The number of hydrogen-bond acceptors (Lipinski definition) is 14. The molecule has 2 amide bonds. The number of aromatic hydroxyl groups is 1. The number of imidazole rings is 2. The lowest BCUT2D eigenvalue weighted by Gasteiger charge is -2.19. The molecule has 3 aromatic heterocycles.